The van der Waals surface area contributed by atoms with Gasteiger partial charge in [0.1, 0.15) is 0 Å². The van der Waals surface area contributed by atoms with E-state index in [1.54, 1.807) is 11.3 Å². The van der Waals surface area contributed by atoms with Crippen LogP contribution in [0.4, 0.5) is 0 Å². The maximum atomic E-state index is 9.43. The summed E-state index contributed by atoms with van der Waals surface area (Å²) in [6.07, 6.45) is 3.07. The topological polar surface area (TPSA) is 33.1 Å². The van der Waals surface area contributed by atoms with Gasteiger partial charge in [0.25, 0.3) is 0 Å². The van der Waals surface area contributed by atoms with Gasteiger partial charge in [0.2, 0.25) is 0 Å². The third-order valence-electron chi connectivity index (χ3n) is 2.89. The van der Waals surface area contributed by atoms with Gasteiger partial charge in [0.05, 0.1) is 10.7 Å². The van der Waals surface area contributed by atoms with E-state index in [1.165, 1.54) is 4.88 Å². The lowest BCUT2D eigenvalue weighted by Gasteiger charge is -2.25. The smallest absolute Gasteiger partial charge is 0.0937 e. The highest BCUT2D eigenvalue weighted by atomic mass is 32.1. The summed E-state index contributed by atoms with van der Waals surface area (Å²) in [4.78, 5) is 5.83. The molecule has 3 heteroatoms. The normalized spacial score (nSPS) is 15.3. The predicted molar refractivity (Wildman–Crippen MR) is 65.4 cm³/mol. The van der Waals surface area contributed by atoms with Crippen molar-refractivity contribution in [1.82, 2.24) is 4.98 Å². The van der Waals surface area contributed by atoms with Crippen molar-refractivity contribution in [2.75, 3.05) is 6.61 Å². The second kappa shape index (κ2) is 5.08. The number of hydrogen-bond acceptors (Lipinski definition) is 3. The standard InChI is InChI=1S/C12H21NOS/c1-5-6-12(4,8-14)7-11-13-9(2)10(3)15-11/h14H,5-8H2,1-4H3. The van der Waals surface area contributed by atoms with Crippen LogP contribution >= 0.6 is 11.3 Å². The summed E-state index contributed by atoms with van der Waals surface area (Å²) in [7, 11) is 0. The molecule has 0 aromatic carbocycles. The molecule has 1 heterocycles. The minimum atomic E-state index is 0.00544. The first kappa shape index (κ1) is 12.7. The fraction of sp³-hybridized carbons (Fsp3) is 0.750. The molecule has 0 fully saturated rings. The molecule has 0 amide bonds. The lowest BCUT2D eigenvalue weighted by molar-refractivity contribution is 0.131. The molecule has 1 rings (SSSR count). The molecule has 15 heavy (non-hydrogen) atoms. The number of rotatable bonds is 5. The Morgan fingerprint density at radius 1 is 1.40 bits per heavy atom. The number of hydrogen-bond donors (Lipinski definition) is 1. The van der Waals surface area contributed by atoms with Crippen LogP contribution in [0.1, 0.15) is 42.3 Å². The van der Waals surface area contributed by atoms with Gasteiger partial charge in [-0.3, -0.25) is 0 Å². The van der Waals surface area contributed by atoms with Gasteiger partial charge >= 0.3 is 0 Å². The molecular formula is C12H21NOS. The van der Waals surface area contributed by atoms with Crippen LogP contribution in [0.5, 0.6) is 0 Å². The third kappa shape index (κ3) is 3.28. The first-order chi connectivity index (χ1) is 7.00. The monoisotopic (exact) mass is 227 g/mol. The lowest BCUT2D eigenvalue weighted by Crippen LogP contribution is -2.24. The Labute approximate surface area is 96.4 Å². The fourth-order valence-electron chi connectivity index (χ4n) is 1.81. The predicted octanol–water partition coefficient (Wildman–Crippen LogP) is 3.10. The van der Waals surface area contributed by atoms with Crippen LogP contribution in [0.3, 0.4) is 0 Å². The van der Waals surface area contributed by atoms with E-state index in [4.69, 9.17) is 0 Å². The molecule has 0 saturated carbocycles. The van der Waals surface area contributed by atoms with E-state index in [2.05, 4.69) is 25.8 Å². The van der Waals surface area contributed by atoms with Gasteiger partial charge < -0.3 is 5.11 Å². The first-order valence-corrected chi connectivity index (χ1v) is 6.36. The average molecular weight is 227 g/mol. The van der Waals surface area contributed by atoms with E-state index in [0.29, 0.717) is 0 Å². The third-order valence-corrected chi connectivity index (χ3v) is 3.96. The molecule has 0 radical (unpaired) electrons. The van der Waals surface area contributed by atoms with Crippen molar-refractivity contribution in [3.05, 3.63) is 15.6 Å². The molecule has 0 aliphatic carbocycles. The maximum absolute atomic E-state index is 9.43. The van der Waals surface area contributed by atoms with Crippen LogP contribution in [0, 0.1) is 19.3 Å². The van der Waals surface area contributed by atoms with Crippen molar-refractivity contribution in [1.29, 1.82) is 0 Å². The Morgan fingerprint density at radius 2 is 2.07 bits per heavy atom. The van der Waals surface area contributed by atoms with E-state index >= 15 is 0 Å². The van der Waals surface area contributed by atoms with Crippen LogP contribution < -0.4 is 0 Å². The molecule has 0 bridgehead atoms. The highest BCUT2D eigenvalue weighted by Crippen LogP contribution is 2.30. The SMILES string of the molecule is CCCC(C)(CO)Cc1nc(C)c(C)s1. The van der Waals surface area contributed by atoms with E-state index < -0.39 is 0 Å². The molecule has 1 aromatic rings. The summed E-state index contributed by atoms with van der Waals surface area (Å²) in [6.45, 7) is 8.70. The number of aryl methyl sites for hydroxylation is 2. The van der Waals surface area contributed by atoms with Gasteiger partial charge in [0, 0.05) is 17.9 Å². The summed E-state index contributed by atoms with van der Waals surface area (Å²) in [5.74, 6) is 0. The van der Waals surface area contributed by atoms with Crippen LogP contribution in [-0.2, 0) is 6.42 Å². The quantitative estimate of drug-likeness (QED) is 0.838. The summed E-state index contributed by atoms with van der Waals surface area (Å²) < 4.78 is 0. The minimum Gasteiger partial charge on any atom is -0.396 e. The van der Waals surface area contributed by atoms with Gasteiger partial charge in [-0.2, -0.15) is 0 Å². The number of aliphatic hydroxyl groups excluding tert-OH is 1. The van der Waals surface area contributed by atoms with Crippen LogP contribution in [0.2, 0.25) is 0 Å². The highest BCUT2D eigenvalue weighted by Gasteiger charge is 2.24. The Morgan fingerprint density at radius 3 is 2.47 bits per heavy atom. The number of nitrogens with zero attached hydrogens (tertiary/aromatic N) is 1. The highest BCUT2D eigenvalue weighted by molar-refractivity contribution is 7.11. The summed E-state index contributed by atoms with van der Waals surface area (Å²) in [5.41, 5.74) is 1.14. The van der Waals surface area contributed by atoms with Gasteiger partial charge in [-0.05, 0) is 25.7 Å². The molecule has 1 N–H and O–H groups in total. The second-order valence-electron chi connectivity index (χ2n) is 4.64. The van der Waals surface area contributed by atoms with Crippen molar-refractivity contribution in [2.45, 2.75) is 47.0 Å². The molecular weight excluding hydrogens is 206 g/mol. The van der Waals surface area contributed by atoms with Crippen LogP contribution in [0.25, 0.3) is 0 Å². The molecule has 0 aliphatic rings. The van der Waals surface area contributed by atoms with E-state index in [0.717, 1.165) is 30.0 Å². The zero-order chi connectivity index (χ0) is 11.5. The number of aromatic nitrogens is 1. The number of aliphatic hydroxyl groups is 1. The second-order valence-corrected chi connectivity index (χ2v) is 5.93. The summed E-state index contributed by atoms with van der Waals surface area (Å²) >= 11 is 1.76. The Hall–Kier alpha value is -0.410. The zero-order valence-corrected chi connectivity index (χ0v) is 10.9. The van der Waals surface area contributed by atoms with Crippen molar-refractivity contribution in [3.8, 4) is 0 Å². The van der Waals surface area contributed by atoms with E-state index in [1.807, 2.05) is 6.92 Å². The van der Waals surface area contributed by atoms with Crippen molar-refractivity contribution >= 4 is 11.3 Å². The van der Waals surface area contributed by atoms with Crippen molar-refractivity contribution in [3.63, 3.8) is 0 Å². The molecule has 1 aromatic heterocycles. The van der Waals surface area contributed by atoms with Gasteiger partial charge in [-0.15, -0.1) is 11.3 Å². The van der Waals surface area contributed by atoms with E-state index in [-0.39, 0.29) is 12.0 Å². The molecule has 1 atom stereocenters. The lowest BCUT2D eigenvalue weighted by atomic mass is 9.83. The molecule has 0 aliphatic heterocycles. The summed E-state index contributed by atoms with van der Waals surface area (Å²) in [6, 6.07) is 0. The zero-order valence-electron chi connectivity index (χ0n) is 10.1. The molecule has 86 valence electrons. The number of thiazole rings is 1. The van der Waals surface area contributed by atoms with Crippen molar-refractivity contribution in [2.24, 2.45) is 5.41 Å². The fourth-order valence-corrected chi connectivity index (χ4v) is 2.96. The van der Waals surface area contributed by atoms with Crippen LogP contribution in [-0.4, -0.2) is 16.7 Å². The molecule has 0 saturated heterocycles. The first-order valence-electron chi connectivity index (χ1n) is 5.54. The van der Waals surface area contributed by atoms with Gasteiger partial charge in [-0.25, -0.2) is 4.98 Å². The van der Waals surface area contributed by atoms with Crippen molar-refractivity contribution < 1.29 is 5.11 Å². The minimum absolute atomic E-state index is 0.00544. The van der Waals surface area contributed by atoms with Crippen LogP contribution in [0.15, 0.2) is 0 Å². The molecule has 0 spiro atoms. The Kier molecular flexibility index (Phi) is 4.29. The summed E-state index contributed by atoms with van der Waals surface area (Å²) in [5, 5.41) is 10.6. The average Bonchev–Trinajstić information content (AvgIpc) is 2.46. The van der Waals surface area contributed by atoms with Gasteiger partial charge in [-0.1, -0.05) is 20.3 Å². The largest absolute Gasteiger partial charge is 0.396 e. The molecule has 2 nitrogen and oxygen atoms in total. The van der Waals surface area contributed by atoms with Gasteiger partial charge in [0.15, 0.2) is 0 Å². The Balaban J connectivity index is 2.74. The Bertz CT molecular complexity index is 302. The molecule has 1 unspecified atom stereocenters. The maximum Gasteiger partial charge on any atom is 0.0937 e. The van der Waals surface area contributed by atoms with E-state index in [9.17, 15) is 5.11 Å².